The average molecular weight is 294 g/mol. The molecule has 0 saturated heterocycles. The molecule has 0 aliphatic heterocycles. The third-order valence-electron chi connectivity index (χ3n) is 2.83. The number of amides is 1. The molecule has 2 N–H and O–H groups in total. The highest BCUT2D eigenvalue weighted by molar-refractivity contribution is 5.76. The lowest BCUT2D eigenvalue weighted by Gasteiger charge is -2.09. The minimum absolute atomic E-state index is 0.0459. The van der Waals surface area contributed by atoms with Gasteiger partial charge in [-0.1, -0.05) is 13.8 Å². The maximum Gasteiger partial charge on any atom is 0.221 e. The van der Waals surface area contributed by atoms with Crippen molar-refractivity contribution in [2.45, 2.75) is 20.3 Å². The van der Waals surface area contributed by atoms with Crippen molar-refractivity contribution in [3.63, 3.8) is 0 Å². The molecule has 1 aromatic carbocycles. The molecule has 0 aliphatic rings. The second-order valence-corrected chi connectivity index (χ2v) is 5.22. The lowest BCUT2D eigenvalue weighted by Crippen LogP contribution is -2.31. The van der Waals surface area contributed by atoms with E-state index in [0.717, 1.165) is 18.0 Å². The molecule has 0 spiro atoms. The number of ether oxygens (including phenoxy) is 2. The van der Waals surface area contributed by atoms with Crippen molar-refractivity contribution in [1.29, 1.82) is 0 Å². The predicted molar refractivity (Wildman–Crippen MR) is 83.8 cm³/mol. The fraction of sp³-hybridized carbons (Fsp3) is 0.562. The number of hydrogen-bond acceptors (Lipinski definition) is 4. The van der Waals surface area contributed by atoms with Crippen molar-refractivity contribution in [3.05, 3.63) is 24.3 Å². The summed E-state index contributed by atoms with van der Waals surface area (Å²) in [6.45, 7) is 6.90. The summed E-state index contributed by atoms with van der Waals surface area (Å²) in [5, 5.41) is 6.07. The summed E-state index contributed by atoms with van der Waals surface area (Å²) >= 11 is 0. The predicted octanol–water partition coefficient (Wildman–Crippen LogP) is 1.83. The zero-order chi connectivity index (χ0) is 15.5. The topological polar surface area (TPSA) is 59.6 Å². The van der Waals surface area contributed by atoms with E-state index in [1.54, 1.807) is 7.11 Å². The standard InChI is InChI=1S/C16H26N2O3/c1-13(2)12-17-9-8-16(19)18-10-11-21-15-6-4-14(20-3)5-7-15/h4-7,13,17H,8-12H2,1-3H3,(H,18,19). The van der Waals surface area contributed by atoms with E-state index in [1.165, 1.54) is 0 Å². The van der Waals surface area contributed by atoms with E-state index in [1.807, 2.05) is 24.3 Å². The van der Waals surface area contributed by atoms with E-state index in [0.29, 0.717) is 32.0 Å². The molecular weight excluding hydrogens is 268 g/mol. The highest BCUT2D eigenvalue weighted by Gasteiger charge is 2.01. The first kappa shape index (κ1) is 17.3. The van der Waals surface area contributed by atoms with Crippen LogP contribution < -0.4 is 20.1 Å². The van der Waals surface area contributed by atoms with E-state index in [9.17, 15) is 4.79 Å². The maximum absolute atomic E-state index is 11.6. The molecule has 0 saturated carbocycles. The minimum atomic E-state index is 0.0459. The Kier molecular flexibility index (Phi) is 8.28. The van der Waals surface area contributed by atoms with Crippen LogP contribution >= 0.6 is 0 Å². The monoisotopic (exact) mass is 294 g/mol. The van der Waals surface area contributed by atoms with Crippen LogP contribution in [0, 0.1) is 5.92 Å². The Morgan fingerprint density at radius 3 is 2.43 bits per heavy atom. The summed E-state index contributed by atoms with van der Waals surface area (Å²) in [6, 6.07) is 7.37. The number of rotatable bonds is 10. The Labute approximate surface area is 127 Å². The molecule has 0 aromatic heterocycles. The minimum Gasteiger partial charge on any atom is -0.497 e. The molecule has 0 bridgehead atoms. The number of hydrogen-bond donors (Lipinski definition) is 2. The van der Waals surface area contributed by atoms with Crippen LogP contribution in [0.2, 0.25) is 0 Å². The summed E-state index contributed by atoms with van der Waals surface area (Å²) in [7, 11) is 1.63. The normalized spacial score (nSPS) is 10.5. The van der Waals surface area contributed by atoms with Gasteiger partial charge in [-0.15, -0.1) is 0 Å². The van der Waals surface area contributed by atoms with E-state index >= 15 is 0 Å². The van der Waals surface area contributed by atoms with Crippen LogP contribution in [0.4, 0.5) is 0 Å². The molecule has 1 aromatic rings. The Morgan fingerprint density at radius 1 is 1.14 bits per heavy atom. The van der Waals surface area contributed by atoms with Crippen molar-refractivity contribution >= 4 is 5.91 Å². The van der Waals surface area contributed by atoms with Crippen LogP contribution in [0.25, 0.3) is 0 Å². The van der Waals surface area contributed by atoms with Crippen LogP contribution in [0.5, 0.6) is 11.5 Å². The van der Waals surface area contributed by atoms with Gasteiger partial charge >= 0.3 is 0 Å². The second-order valence-electron chi connectivity index (χ2n) is 5.22. The van der Waals surface area contributed by atoms with Crippen LogP contribution in [0.1, 0.15) is 20.3 Å². The van der Waals surface area contributed by atoms with Gasteiger partial charge in [-0.05, 0) is 36.7 Å². The Bertz CT molecular complexity index is 404. The molecule has 0 radical (unpaired) electrons. The highest BCUT2D eigenvalue weighted by Crippen LogP contribution is 2.16. The molecule has 0 aliphatic carbocycles. The molecule has 1 rings (SSSR count). The maximum atomic E-state index is 11.6. The first-order valence-corrected chi connectivity index (χ1v) is 7.36. The Balaban J connectivity index is 2.06. The van der Waals surface area contributed by atoms with Gasteiger partial charge in [0.05, 0.1) is 13.7 Å². The molecule has 0 unspecified atom stereocenters. The molecule has 0 fully saturated rings. The van der Waals surface area contributed by atoms with Gasteiger partial charge in [-0.25, -0.2) is 0 Å². The smallest absolute Gasteiger partial charge is 0.221 e. The van der Waals surface area contributed by atoms with Gasteiger partial charge in [0.2, 0.25) is 5.91 Å². The van der Waals surface area contributed by atoms with E-state index < -0.39 is 0 Å². The van der Waals surface area contributed by atoms with Crippen molar-refractivity contribution in [2.24, 2.45) is 5.92 Å². The van der Waals surface area contributed by atoms with Gasteiger partial charge in [0.15, 0.2) is 0 Å². The average Bonchev–Trinajstić information content (AvgIpc) is 2.48. The number of nitrogens with one attached hydrogen (secondary N) is 2. The lowest BCUT2D eigenvalue weighted by molar-refractivity contribution is -0.121. The Morgan fingerprint density at radius 2 is 1.81 bits per heavy atom. The number of methoxy groups -OCH3 is 1. The first-order chi connectivity index (χ1) is 10.1. The molecule has 5 nitrogen and oxygen atoms in total. The molecular formula is C16H26N2O3. The zero-order valence-corrected chi connectivity index (χ0v) is 13.1. The molecule has 5 heteroatoms. The molecule has 118 valence electrons. The highest BCUT2D eigenvalue weighted by atomic mass is 16.5. The van der Waals surface area contributed by atoms with Gasteiger partial charge in [0, 0.05) is 13.0 Å². The van der Waals surface area contributed by atoms with E-state index in [2.05, 4.69) is 24.5 Å². The van der Waals surface area contributed by atoms with Gasteiger partial charge in [0.25, 0.3) is 0 Å². The molecule has 0 atom stereocenters. The molecule has 0 heterocycles. The number of benzene rings is 1. The van der Waals surface area contributed by atoms with E-state index in [-0.39, 0.29) is 5.91 Å². The number of carbonyl (C=O) groups excluding carboxylic acids is 1. The van der Waals surface area contributed by atoms with Gasteiger partial charge < -0.3 is 20.1 Å². The van der Waals surface area contributed by atoms with Gasteiger partial charge in [-0.3, -0.25) is 4.79 Å². The van der Waals surface area contributed by atoms with Gasteiger partial charge in [-0.2, -0.15) is 0 Å². The lowest BCUT2D eigenvalue weighted by atomic mass is 10.2. The van der Waals surface area contributed by atoms with Crippen LogP contribution in [-0.2, 0) is 4.79 Å². The molecule has 21 heavy (non-hydrogen) atoms. The van der Waals surface area contributed by atoms with Crippen LogP contribution in [0.3, 0.4) is 0 Å². The third-order valence-corrected chi connectivity index (χ3v) is 2.83. The largest absolute Gasteiger partial charge is 0.497 e. The summed E-state index contributed by atoms with van der Waals surface area (Å²) in [5.74, 6) is 2.21. The quantitative estimate of drug-likeness (QED) is 0.646. The summed E-state index contributed by atoms with van der Waals surface area (Å²) in [6.07, 6.45) is 0.495. The first-order valence-electron chi connectivity index (χ1n) is 7.36. The van der Waals surface area contributed by atoms with Crippen molar-refractivity contribution in [3.8, 4) is 11.5 Å². The number of carbonyl (C=O) groups is 1. The fourth-order valence-corrected chi connectivity index (χ4v) is 1.71. The third kappa shape index (κ3) is 8.19. The summed E-state index contributed by atoms with van der Waals surface area (Å²) in [5.41, 5.74) is 0. The second kappa shape index (κ2) is 10.0. The van der Waals surface area contributed by atoms with Crippen LogP contribution in [0.15, 0.2) is 24.3 Å². The fourth-order valence-electron chi connectivity index (χ4n) is 1.71. The SMILES string of the molecule is COc1ccc(OCCNC(=O)CCNCC(C)C)cc1. The molecule has 1 amide bonds. The Hall–Kier alpha value is -1.75. The summed E-state index contributed by atoms with van der Waals surface area (Å²) < 4.78 is 10.6. The van der Waals surface area contributed by atoms with E-state index in [4.69, 9.17) is 9.47 Å². The van der Waals surface area contributed by atoms with Crippen molar-refractivity contribution in [1.82, 2.24) is 10.6 Å². The summed E-state index contributed by atoms with van der Waals surface area (Å²) in [4.78, 5) is 11.6. The van der Waals surface area contributed by atoms with Gasteiger partial charge in [0.1, 0.15) is 18.1 Å². The zero-order valence-electron chi connectivity index (χ0n) is 13.1. The van der Waals surface area contributed by atoms with Crippen LogP contribution in [-0.4, -0.2) is 39.3 Å². The van der Waals surface area contributed by atoms with Crippen molar-refractivity contribution < 1.29 is 14.3 Å². The van der Waals surface area contributed by atoms with Crippen molar-refractivity contribution in [2.75, 3.05) is 33.4 Å².